The van der Waals surface area contributed by atoms with Crippen LogP contribution < -0.4 is 16.9 Å². The Morgan fingerprint density at radius 2 is 1.52 bits per heavy atom. The second-order valence-electron chi connectivity index (χ2n) is 7.01. The van der Waals surface area contributed by atoms with Crippen molar-refractivity contribution in [2.75, 3.05) is 0 Å². The Labute approximate surface area is 182 Å². The van der Waals surface area contributed by atoms with Crippen LogP contribution in [0.1, 0.15) is 12.2 Å². The van der Waals surface area contributed by atoms with Crippen LogP contribution in [0.3, 0.4) is 0 Å². The van der Waals surface area contributed by atoms with Gasteiger partial charge in [-0.05, 0) is 17.3 Å². The van der Waals surface area contributed by atoms with E-state index >= 15 is 0 Å². The highest BCUT2D eigenvalue weighted by atomic mass is 16.1. The van der Waals surface area contributed by atoms with Gasteiger partial charge in [-0.2, -0.15) is 24.5 Å². The second kappa shape index (κ2) is 8.08. The number of nitrogens with two attached hydrogens (primary N) is 1. The van der Waals surface area contributed by atoms with Gasteiger partial charge in [-0.15, -0.1) is 27.0 Å². The van der Waals surface area contributed by atoms with E-state index in [0.717, 1.165) is 4.68 Å². The molecule has 0 radical (unpaired) electrons. The topological polar surface area (TPSA) is 196 Å². The first-order valence-electron chi connectivity index (χ1n) is 9.66. The molecular weight excluding hydrogens is 432 g/mol. The van der Waals surface area contributed by atoms with Crippen molar-refractivity contribution in [2.45, 2.75) is 25.3 Å². The average Bonchev–Trinajstić information content (AvgIpc) is 3.52. The number of nitrogens with zero attached hydrogens (tertiary/aromatic N) is 13. The summed E-state index contributed by atoms with van der Waals surface area (Å²) in [6.07, 6.45) is 4.97. The third-order valence-corrected chi connectivity index (χ3v) is 4.95. The first kappa shape index (κ1) is 20.2. The Balaban J connectivity index is 1.56. The SMILES string of the molecule is C=C[C@H](Cn1nccn1)n1nnc2cc3c(=O)n([C@H](N)Cn4ncnn4)nnc3cc2c1=O. The number of tetrazole rings is 1. The molecule has 0 aliphatic carbocycles. The van der Waals surface area contributed by atoms with Gasteiger partial charge < -0.3 is 5.73 Å². The molecule has 16 nitrogen and oxygen atoms in total. The Morgan fingerprint density at radius 1 is 0.879 bits per heavy atom. The maximum atomic E-state index is 13.1. The summed E-state index contributed by atoms with van der Waals surface area (Å²) in [5.41, 5.74) is 5.58. The van der Waals surface area contributed by atoms with Gasteiger partial charge in [0.05, 0.1) is 42.3 Å². The van der Waals surface area contributed by atoms with Gasteiger partial charge in [0, 0.05) is 0 Å². The largest absolute Gasteiger partial charge is 0.308 e. The van der Waals surface area contributed by atoms with Crippen LogP contribution in [-0.2, 0) is 13.1 Å². The predicted molar refractivity (Wildman–Crippen MR) is 111 cm³/mol. The van der Waals surface area contributed by atoms with Gasteiger partial charge in [0.15, 0.2) is 6.33 Å². The quantitative estimate of drug-likeness (QED) is 0.214. The second-order valence-corrected chi connectivity index (χ2v) is 7.01. The lowest BCUT2D eigenvalue weighted by atomic mass is 10.1. The third kappa shape index (κ3) is 3.63. The zero-order valence-corrected chi connectivity index (χ0v) is 16.9. The zero-order valence-electron chi connectivity index (χ0n) is 16.9. The van der Waals surface area contributed by atoms with Crippen molar-refractivity contribution in [3.63, 3.8) is 0 Å². The molecule has 0 aliphatic rings. The number of rotatable bonds is 7. The minimum absolute atomic E-state index is 0.0617. The molecule has 0 aliphatic heterocycles. The molecule has 0 spiro atoms. The van der Waals surface area contributed by atoms with E-state index in [1.165, 1.54) is 45.1 Å². The molecule has 4 aromatic heterocycles. The van der Waals surface area contributed by atoms with Crippen LogP contribution >= 0.6 is 0 Å². The van der Waals surface area contributed by atoms with Crippen molar-refractivity contribution in [2.24, 2.45) is 5.73 Å². The van der Waals surface area contributed by atoms with Gasteiger partial charge in [-0.3, -0.25) is 9.59 Å². The molecule has 0 bridgehead atoms. The molecule has 0 amide bonds. The highest BCUT2D eigenvalue weighted by Gasteiger charge is 2.18. The van der Waals surface area contributed by atoms with Crippen LogP contribution in [0.25, 0.3) is 21.8 Å². The van der Waals surface area contributed by atoms with Crippen LogP contribution in [0.2, 0.25) is 0 Å². The van der Waals surface area contributed by atoms with E-state index in [9.17, 15) is 9.59 Å². The molecule has 2 N–H and O–H groups in total. The van der Waals surface area contributed by atoms with Crippen LogP contribution in [0, 0.1) is 0 Å². The molecule has 5 aromatic rings. The molecule has 1 aromatic carbocycles. The van der Waals surface area contributed by atoms with E-state index in [4.69, 9.17) is 5.73 Å². The van der Waals surface area contributed by atoms with Gasteiger partial charge in [-0.25, -0.2) is 4.68 Å². The van der Waals surface area contributed by atoms with Gasteiger partial charge in [0.25, 0.3) is 11.1 Å². The molecule has 33 heavy (non-hydrogen) atoms. The minimum atomic E-state index is -0.886. The Morgan fingerprint density at radius 3 is 2.12 bits per heavy atom. The zero-order chi connectivity index (χ0) is 22.9. The lowest BCUT2D eigenvalue weighted by Gasteiger charge is -2.14. The number of hydrogen-bond acceptors (Lipinski definition) is 12. The summed E-state index contributed by atoms with van der Waals surface area (Å²) in [5.74, 6) is 0. The third-order valence-electron chi connectivity index (χ3n) is 4.95. The van der Waals surface area contributed by atoms with Crippen molar-refractivity contribution < 1.29 is 0 Å². The molecule has 4 heterocycles. The standard InChI is InChI=1S/C17H16N14O2/c1-2-10(7-28-20-3-4-21-28)30-16(32)11-5-14-12(6-13(11)23-26-30)17(33)31(27-24-14)15(18)8-29-22-9-19-25-29/h2-6,9-10,15H,1,7-8,18H2/t10-,15+/m1/s1. The van der Waals surface area contributed by atoms with Crippen molar-refractivity contribution in [3.05, 3.63) is 64.2 Å². The summed E-state index contributed by atoms with van der Waals surface area (Å²) in [6, 6.07) is 2.35. The summed E-state index contributed by atoms with van der Waals surface area (Å²) < 4.78 is 2.19. The average molecular weight is 448 g/mol. The highest BCUT2D eigenvalue weighted by Crippen LogP contribution is 2.15. The molecule has 0 fully saturated rings. The smallest absolute Gasteiger partial charge is 0.279 e. The van der Waals surface area contributed by atoms with Crippen molar-refractivity contribution in [3.8, 4) is 0 Å². The van der Waals surface area contributed by atoms with Crippen molar-refractivity contribution in [1.29, 1.82) is 0 Å². The first-order chi connectivity index (χ1) is 16.0. The summed E-state index contributed by atoms with van der Waals surface area (Å²) in [4.78, 5) is 28.7. The molecule has 0 saturated heterocycles. The molecule has 16 heteroatoms. The van der Waals surface area contributed by atoms with E-state index in [2.05, 4.69) is 52.8 Å². The summed E-state index contributed by atoms with van der Waals surface area (Å²) in [7, 11) is 0. The highest BCUT2D eigenvalue weighted by molar-refractivity contribution is 5.93. The molecule has 0 unspecified atom stereocenters. The van der Waals surface area contributed by atoms with Crippen molar-refractivity contribution >= 4 is 21.8 Å². The number of fused-ring (bicyclic) bond motifs is 2. The predicted octanol–water partition coefficient (Wildman–Crippen LogP) is -1.94. The summed E-state index contributed by atoms with van der Waals surface area (Å²) in [5, 5.41) is 35.8. The first-order valence-corrected chi connectivity index (χ1v) is 9.66. The Bertz CT molecular complexity index is 1550. The van der Waals surface area contributed by atoms with E-state index in [1.54, 1.807) is 6.08 Å². The van der Waals surface area contributed by atoms with E-state index in [-0.39, 0.29) is 34.9 Å². The monoisotopic (exact) mass is 448 g/mol. The summed E-state index contributed by atoms with van der Waals surface area (Å²) >= 11 is 0. The lowest BCUT2D eigenvalue weighted by molar-refractivity contribution is 0.340. The van der Waals surface area contributed by atoms with E-state index in [1.807, 2.05) is 0 Å². The van der Waals surface area contributed by atoms with Gasteiger partial charge in [0.2, 0.25) is 0 Å². The fraction of sp³-hybridized carbons (Fsp3) is 0.235. The van der Waals surface area contributed by atoms with Gasteiger partial charge in [-0.1, -0.05) is 16.5 Å². The minimum Gasteiger partial charge on any atom is -0.308 e. The maximum absolute atomic E-state index is 13.1. The molecular formula is C17H16N14O2. The van der Waals surface area contributed by atoms with Crippen LogP contribution in [-0.4, -0.2) is 65.2 Å². The summed E-state index contributed by atoms with van der Waals surface area (Å²) in [6.45, 7) is 4.07. The fourth-order valence-corrected chi connectivity index (χ4v) is 3.31. The molecule has 2 atom stereocenters. The van der Waals surface area contributed by atoms with E-state index < -0.39 is 23.3 Å². The Hall–Kier alpha value is -4.73. The number of allylic oxidation sites excluding steroid dienone is 1. The van der Waals surface area contributed by atoms with Gasteiger partial charge in [0.1, 0.15) is 17.2 Å². The van der Waals surface area contributed by atoms with Crippen LogP contribution in [0.4, 0.5) is 0 Å². The molecule has 0 saturated carbocycles. The number of benzene rings is 1. The fourth-order valence-electron chi connectivity index (χ4n) is 3.31. The van der Waals surface area contributed by atoms with E-state index in [0.29, 0.717) is 0 Å². The van der Waals surface area contributed by atoms with Crippen molar-refractivity contribution in [1.82, 2.24) is 65.2 Å². The number of aromatic nitrogens is 13. The number of hydrogen-bond donors (Lipinski definition) is 1. The molecule has 5 rings (SSSR count). The van der Waals surface area contributed by atoms with Crippen LogP contribution in [0.5, 0.6) is 0 Å². The van der Waals surface area contributed by atoms with Gasteiger partial charge >= 0.3 is 0 Å². The lowest BCUT2D eigenvalue weighted by Crippen LogP contribution is -2.36. The normalized spacial score (nSPS) is 13.4. The molecule has 166 valence electrons. The van der Waals surface area contributed by atoms with Crippen LogP contribution in [0.15, 0.2) is 53.1 Å². The Kier molecular flexibility index (Phi) is 4.94. The maximum Gasteiger partial charge on any atom is 0.279 e.